The van der Waals surface area contributed by atoms with Crippen molar-refractivity contribution in [1.29, 1.82) is 0 Å². The Bertz CT molecular complexity index is 685. The first kappa shape index (κ1) is 14.0. The van der Waals surface area contributed by atoms with Gasteiger partial charge in [0.2, 0.25) is 5.60 Å². The van der Waals surface area contributed by atoms with Crippen molar-refractivity contribution in [3.63, 3.8) is 0 Å². The average molecular weight is 387 g/mol. The number of ether oxygens (including phenoxy) is 4. The van der Waals surface area contributed by atoms with Gasteiger partial charge in [-0.25, -0.2) is 4.79 Å². The standard InChI is InChI=1S/C16H19BrO6/c1-12(5-17)8-7-9-14(3)15(23-12,13(8,2)10(18)20-7)4-6-16(14,22-6)11(19)21-9/h6-10,18H,4-5H2,1-3H3/t6-,7?,8?,9?,10-,12-,13?,14?,15?,16+/m1/s1. The average Bonchev–Trinajstić information content (AvgIpc) is 2.96. The van der Waals surface area contributed by atoms with Gasteiger partial charge in [0.15, 0.2) is 6.29 Å². The van der Waals surface area contributed by atoms with Crippen molar-refractivity contribution in [2.75, 3.05) is 5.33 Å². The number of aliphatic hydroxyl groups is 1. The quantitative estimate of drug-likeness (QED) is 0.406. The van der Waals surface area contributed by atoms with Gasteiger partial charge in [-0.15, -0.1) is 0 Å². The van der Waals surface area contributed by atoms with E-state index < -0.39 is 40.0 Å². The monoisotopic (exact) mass is 386 g/mol. The van der Waals surface area contributed by atoms with Crippen LogP contribution in [0.4, 0.5) is 0 Å². The third-order valence-corrected chi connectivity index (χ3v) is 9.30. The SMILES string of the molecule is CC12C3C(O[C@H]1O)C1OC(=O)[C@@]45O[C@@H]4CC2(O[C@]3(C)CBr)C15C. The summed E-state index contributed by atoms with van der Waals surface area (Å²) in [5.41, 5.74) is -3.28. The Balaban J connectivity index is 1.70. The Kier molecular flexibility index (Phi) is 1.98. The van der Waals surface area contributed by atoms with Crippen LogP contribution in [0.25, 0.3) is 0 Å². The molecule has 4 heterocycles. The molecule has 6 unspecified atom stereocenters. The normalized spacial score (nSPS) is 72.9. The Morgan fingerprint density at radius 1 is 1.35 bits per heavy atom. The molecule has 6 rings (SSSR count). The van der Waals surface area contributed by atoms with Gasteiger partial charge in [-0.3, -0.25) is 0 Å². The van der Waals surface area contributed by atoms with Gasteiger partial charge in [-0.1, -0.05) is 22.9 Å². The first-order valence-electron chi connectivity index (χ1n) is 8.21. The molecular formula is C16H19BrO6. The summed E-state index contributed by atoms with van der Waals surface area (Å²) in [5, 5.41) is 11.5. The van der Waals surface area contributed by atoms with E-state index in [1.165, 1.54) is 0 Å². The lowest BCUT2D eigenvalue weighted by Gasteiger charge is -2.54. The van der Waals surface area contributed by atoms with E-state index in [9.17, 15) is 9.90 Å². The van der Waals surface area contributed by atoms with E-state index in [1.807, 2.05) is 6.92 Å². The van der Waals surface area contributed by atoms with Crippen molar-refractivity contribution in [3.05, 3.63) is 0 Å². The second-order valence-electron chi connectivity index (χ2n) is 8.66. The lowest BCUT2D eigenvalue weighted by molar-refractivity contribution is -0.230. The van der Waals surface area contributed by atoms with E-state index in [-0.39, 0.29) is 24.1 Å². The van der Waals surface area contributed by atoms with E-state index in [1.54, 1.807) is 0 Å². The second-order valence-corrected chi connectivity index (χ2v) is 9.22. The van der Waals surface area contributed by atoms with Crippen LogP contribution in [0, 0.1) is 16.7 Å². The number of fused-ring (bicyclic) bond motifs is 1. The molecular weight excluding hydrogens is 368 g/mol. The minimum atomic E-state index is -0.922. The zero-order valence-electron chi connectivity index (χ0n) is 13.2. The summed E-state index contributed by atoms with van der Waals surface area (Å²) in [6, 6.07) is 0. The maximum atomic E-state index is 12.6. The zero-order chi connectivity index (χ0) is 16.2. The molecule has 4 bridgehead atoms. The summed E-state index contributed by atoms with van der Waals surface area (Å²) in [5.74, 6) is -0.321. The van der Waals surface area contributed by atoms with Crippen molar-refractivity contribution < 1.29 is 28.8 Å². The molecule has 0 amide bonds. The van der Waals surface area contributed by atoms with Crippen LogP contribution in [-0.2, 0) is 23.7 Å². The van der Waals surface area contributed by atoms with Crippen LogP contribution in [0.2, 0.25) is 0 Å². The van der Waals surface area contributed by atoms with Crippen molar-refractivity contribution in [2.24, 2.45) is 16.7 Å². The molecule has 0 aromatic rings. The number of alkyl halides is 1. The number of rotatable bonds is 1. The van der Waals surface area contributed by atoms with Crippen LogP contribution in [0.3, 0.4) is 0 Å². The molecule has 1 N–H and O–H groups in total. The Morgan fingerprint density at radius 3 is 2.78 bits per heavy atom. The number of esters is 1. The van der Waals surface area contributed by atoms with Crippen molar-refractivity contribution in [2.45, 2.75) is 68.6 Å². The van der Waals surface area contributed by atoms with Crippen LogP contribution < -0.4 is 0 Å². The molecule has 10 atom stereocenters. The zero-order valence-corrected chi connectivity index (χ0v) is 14.8. The topological polar surface area (TPSA) is 77.5 Å². The molecule has 0 aromatic heterocycles. The maximum absolute atomic E-state index is 12.6. The number of hydrogen-bond acceptors (Lipinski definition) is 6. The number of carbonyl (C=O) groups excluding carboxylic acids is 1. The number of epoxide rings is 1. The number of hydrogen-bond donors (Lipinski definition) is 1. The first-order chi connectivity index (χ1) is 10.7. The molecule has 0 radical (unpaired) electrons. The molecule has 7 heteroatoms. The van der Waals surface area contributed by atoms with Crippen molar-refractivity contribution >= 4 is 21.9 Å². The molecule has 0 aromatic carbocycles. The Morgan fingerprint density at radius 2 is 2.09 bits per heavy atom. The number of halogens is 1. The fourth-order valence-corrected chi connectivity index (χ4v) is 7.77. The Hall–Kier alpha value is -0.210. The summed E-state index contributed by atoms with van der Waals surface area (Å²) in [7, 11) is 0. The highest BCUT2D eigenvalue weighted by atomic mass is 79.9. The smallest absolute Gasteiger partial charge is 0.342 e. The maximum Gasteiger partial charge on any atom is 0.342 e. The Labute approximate surface area is 141 Å². The summed E-state index contributed by atoms with van der Waals surface area (Å²) in [6.07, 6.45) is -1.29. The van der Waals surface area contributed by atoms with Gasteiger partial charge < -0.3 is 24.1 Å². The number of aliphatic hydroxyl groups excluding tert-OH is 1. The lowest BCUT2D eigenvalue weighted by atomic mass is 9.48. The lowest BCUT2D eigenvalue weighted by Crippen LogP contribution is -2.67. The van der Waals surface area contributed by atoms with Gasteiger partial charge in [0.1, 0.15) is 18.3 Å². The van der Waals surface area contributed by atoms with E-state index in [0.29, 0.717) is 11.8 Å². The van der Waals surface area contributed by atoms with Crippen molar-refractivity contribution in [1.82, 2.24) is 0 Å². The number of carbonyl (C=O) groups is 1. The van der Waals surface area contributed by atoms with E-state index in [0.717, 1.165) is 0 Å². The van der Waals surface area contributed by atoms with E-state index in [2.05, 4.69) is 29.8 Å². The van der Waals surface area contributed by atoms with Gasteiger partial charge in [0.05, 0.1) is 22.0 Å². The fourth-order valence-electron chi connectivity index (χ4n) is 7.31. The van der Waals surface area contributed by atoms with Crippen LogP contribution in [0.5, 0.6) is 0 Å². The molecule has 6 nitrogen and oxygen atoms in total. The summed E-state index contributed by atoms with van der Waals surface area (Å²) < 4.78 is 24.4. The van der Waals surface area contributed by atoms with Crippen LogP contribution in [0.1, 0.15) is 27.2 Å². The van der Waals surface area contributed by atoms with Crippen LogP contribution in [-0.4, -0.2) is 57.8 Å². The summed E-state index contributed by atoms with van der Waals surface area (Å²) in [4.78, 5) is 12.6. The highest BCUT2D eigenvalue weighted by Gasteiger charge is 3.00. The third kappa shape index (κ3) is 0.930. The highest BCUT2D eigenvalue weighted by Crippen LogP contribution is 2.84. The predicted octanol–water partition coefficient (Wildman–Crippen LogP) is 0.735. The van der Waals surface area contributed by atoms with E-state index in [4.69, 9.17) is 18.9 Å². The molecule has 2 aliphatic carbocycles. The van der Waals surface area contributed by atoms with Gasteiger partial charge in [-0.05, 0) is 13.8 Å². The second kappa shape index (κ2) is 3.26. The van der Waals surface area contributed by atoms with E-state index >= 15 is 0 Å². The molecule has 2 saturated carbocycles. The van der Waals surface area contributed by atoms with Crippen LogP contribution >= 0.6 is 15.9 Å². The van der Waals surface area contributed by atoms with Crippen molar-refractivity contribution in [3.8, 4) is 0 Å². The minimum Gasteiger partial charge on any atom is -0.457 e. The third-order valence-electron chi connectivity index (χ3n) is 8.19. The van der Waals surface area contributed by atoms with Gasteiger partial charge in [-0.2, -0.15) is 0 Å². The molecule has 23 heavy (non-hydrogen) atoms. The fraction of sp³-hybridized carbons (Fsp3) is 0.938. The molecule has 126 valence electrons. The largest absolute Gasteiger partial charge is 0.457 e. The molecule has 2 spiro atoms. The summed E-state index contributed by atoms with van der Waals surface area (Å²) >= 11 is 3.60. The van der Waals surface area contributed by atoms with Gasteiger partial charge in [0.25, 0.3) is 0 Å². The van der Waals surface area contributed by atoms with Gasteiger partial charge >= 0.3 is 5.97 Å². The van der Waals surface area contributed by atoms with Gasteiger partial charge in [0, 0.05) is 17.7 Å². The molecule has 4 aliphatic heterocycles. The minimum absolute atomic E-state index is 0.0390. The molecule has 4 saturated heterocycles. The summed E-state index contributed by atoms with van der Waals surface area (Å²) in [6.45, 7) is 6.16. The highest BCUT2D eigenvalue weighted by molar-refractivity contribution is 9.09. The van der Waals surface area contributed by atoms with Crippen LogP contribution in [0.15, 0.2) is 0 Å². The molecule has 6 aliphatic rings. The first-order valence-corrected chi connectivity index (χ1v) is 9.34. The predicted molar refractivity (Wildman–Crippen MR) is 78.7 cm³/mol. The molecule has 6 fully saturated rings.